The molecule has 1 saturated heterocycles. The predicted octanol–water partition coefficient (Wildman–Crippen LogP) is 3.89. The first-order valence-electron chi connectivity index (χ1n) is 13.4. The van der Waals surface area contributed by atoms with Gasteiger partial charge in [0.25, 0.3) is 0 Å². The Kier molecular flexibility index (Phi) is 12.5. The number of halogens is 1. The smallest absolute Gasteiger partial charge is 0.227 e. The van der Waals surface area contributed by atoms with Crippen LogP contribution in [0.4, 0.5) is 0 Å². The third-order valence-corrected chi connectivity index (χ3v) is 8.37. The molecule has 1 amide bonds. The van der Waals surface area contributed by atoms with E-state index in [-0.39, 0.29) is 41.3 Å². The number of nitrogens with one attached hydrogen (secondary N) is 1. The second-order valence-corrected chi connectivity index (χ2v) is 11.4. The van der Waals surface area contributed by atoms with Crippen molar-refractivity contribution in [1.82, 2.24) is 10.2 Å². The van der Waals surface area contributed by atoms with Gasteiger partial charge >= 0.3 is 0 Å². The van der Waals surface area contributed by atoms with E-state index >= 15 is 0 Å². The van der Waals surface area contributed by atoms with Gasteiger partial charge in [-0.1, -0.05) is 74.1 Å². The van der Waals surface area contributed by atoms with Crippen LogP contribution in [0.5, 0.6) is 0 Å². The maximum absolute atomic E-state index is 13.3. The zero-order valence-electron chi connectivity index (χ0n) is 22.2. The maximum atomic E-state index is 13.3. The Morgan fingerprint density at radius 3 is 2.57 bits per heavy atom. The van der Waals surface area contributed by atoms with Gasteiger partial charge < -0.3 is 26.3 Å². The minimum absolute atomic E-state index is 0. The van der Waals surface area contributed by atoms with Crippen molar-refractivity contribution in [3.8, 4) is 0 Å². The molecule has 0 bridgehead atoms. The number of nitrogens with zero attached hydrogens (tertiary/aromatic N) is 1. The molecular formula is C30H45ClN2O4. The summed E-state index contributed by atoms with van der Waals surface area (Å²) in [6, 6.07) is 0.147. The Morgan fingerprint density at radius 1 is 1.16 bits per heavy atom. The molecule has 6 N–H and O–H groups in total. The van der Waals surface area contributed by atoms with Gasteiger partial charge in [0.1, 0.15) is 0 Å². The summed E-state index contributed by atoms with van der Waals surface area (Å²) in [6.07, 6.45) is 24.1. The Labute approximate surface area is 227 Å². The van der Waals surface area contributed by atoms with E-state index in [1.165, 1.54) is 18.4 Å². The van der Waals surface area contributed by atoms with Crippen molar-refractivity contribution in [1.29, 1.82) is 0 Å². The van der Waals surface area contributed by atoms with Gasteiger partial charge in [0.2, 0.25) is 5.91 Å². The fraction of sp³-hybridized carbons (Fsp3) is 0.567. The molecule has 6 nitrogen and oxygen atoms in total. The zero-order valence-corrected chi connectivity index (χ0v) is 23.0. The van der Waals surface area contributed by atoms with Gasteiger partial charge in [0, 0.05) is 30.1 Å². The first kappa shape index (κ1) is 31.3. The second-order valence-electron chi connectivity index (χ2n) is 10.9. The lowest BCUT2D eigenvalue weighted by molar-refractivity contribution is -0.124. The molecule has 0 saturated carbocycles. The third-order valence-electron chi connectivity index (χ3n) is 8.09. The van der Waals surface area contributed by atoms with Crippen LogP contribution in [-0.2, 0) is 4.79 Å². The van der Waals surface area contributed by atoms with Crippen molar-refractivity contribution in [2.24, 2.45) is 29.6 Å². The molecule has 4 aliphatic rings. The van der Waals surface area contributed by atoms with Crippen LogP contribution in [0.25, 0.3) is 0 Å². The number of carbonyl (C=O) groups is 1. The van der Waals surface area contributed by atoms with Gasteiger partial charge in [-0.15, -0.1) is 0 Å². The van der Waals surface area contributed by atoms with Crippen LogP contribution in [0, 0.1) is 29.6 Å². The van der Waals surface area contributed by atoms with Crippen molar-refractivity contribution in [2.45, 2.75) is 52.0 Å². The van der Waals surface area contributed by atoms with Crippen LogP contribution in [0.2, 0.25) is 0 Å². The van der Waals surface area contributed by atoms with Crippen molar-refractivity contribution < 1.29 is 20.9 Å². The van der Waals surface area contributed by atoms with E-state index in [1.54, 1.807) is 0 Å². The molecule has 1 aliphatic heterocycles. The van der Waals surface area contributed by atoms with Crippen LogP contribution >= 0.6 is 11.6 Å². The van der Waals surface area contributed by atoms with Crippen LogP contribution in [0.1, 0.15) is 46.0 Å². The Balaban J connectivity index is 0.00000241. The van der Waals surface area contributed by atoms with Crippen LogP contribution in [-0.4, -0.2) is 59.1 Å². The molecule has 0 radical (unpaired) electrons. The normalized spacial score (nSPS) is 26.9. The van der Waals surface area contributed by atoms with Crippen molar-refractivity contribution >= 4 is 17.5 Å². The van der Waals surface area contributed by atoms with E-state index in [0.29, 0.717) is 11.8 Å². The Bertz CT molecular complexity index is 941. The number of aliphatic hydroxyl groups excluding tert-OH is 1. The van der Waals surface area contributed by atoms with Gasteiger partial charge in [-0.3, -0.25) is 4.79 Å². The van der Waals surface area contributed by atoms with Gasteiger partial charge in [-0.05, 0) is 80.2 Å². The molecule has 206 valence electrons. The number of hydrogen-bond acceptors (Lipinski definition) is 3. The van der Waals surface area contributed by atoms with Crippen molar-refractivity contribution in [2.75, 3.05) is 26.2 Å². The molecule has 3 unspecified atom stereocenters. The molecule has 0 spiro atoms. The highest BCUT2D eigenvalue weighted by atomic mass is 35.5. The topological polar surface area (TPSA) is 116 Å². The quantitative estimate of drug-likeness (QED) is 0.494. The highest BCUT2D eigenvalue weighted by molar-refractivity contribution is 6.31. The molecule has 0 aromatic rings. The minimum Gasteiger partial charge on any atom is -0.412 e. The lowest BCUT2D eigenvalue weighted by Crippen LogP contribution is -2.50. The maximum Gasteiger partial charge on any atom is 0.227 e. The Hall–Kier alpha value is -1.96. The summed E-state index contributed by atoms with van der Waals surface area (Å²) in [5.74, 6) is 1.87. The molecule has 1 heterocycles. The van der Waals surface area contributed by atoms with Gasteiger partial charge in [0.15, 0.2) is 0 Å². The number of aliphatic hydroxyl groups is 1. The van der Waals surface area contributed by atoms with E-state index in [0.717, 1.165) is 55.4 Å². The molecule has 7 heteroatoms. The summed E-state index contributed by atoms with van der Waals surface area (Å²) in [7, 11) is 0. The number of piperidine rings is 1. The molecule has 1 fully saturated rings. The molecule has 37 heavy (non-hydrogen) atoms. The average Bonchev–Trinajstić information content (AvgIpc) is 2.89. The van der Waals surface area contributed by atoms with Gasteiger partial charge in [0.05, 0.1) is 5.92 Å². The van der Waals surface area contributed by atoms with Gasteiger partial charge in [-0.25, -0.2) is 0 Å². The van der Waals surface area contributed by atoms with E-state index in [9.17, 15) is 9.90 Å². The second kappa shape index (κ2) is 14.8. The summed E-state index contributed by atoms with van der Waals surface area (Å²) in [4.78, 5) is 15.8. The summed E-state index contributed by atoms with van der Waals surface area (Å²) >= 11 is 6.10. The van der Waals surface area contributed by atoms with E-state index in [4.69, 9.17) is 11.6 Å². The standard InChI is InChI=1S/C30H41ClN2O2.2H2O/c1-21(2)29(19-33-15-13-24(14-16-33)23-9-11-28(31)12-10-23)32-30(35)27-8-4-7-26(18-27)25-6-3-5-22(17-25)20-34;;/h3-7,9,11-12,18,21-24,27,29,34H,8,10,13-17,19-20H2,1-2H3,(H,32,35);2*1H2/t22?,23?,27?,29-;;/m0../s1. The summed E-state index contributed by atoms with van der Waals surface area (Å²) < 4.78 is 0. The predicted molar refractivity (Wildman–Crippen MR) is 152 cm³/mol. The monoisotopic (exact) mass is 532 g/mol. The molecular weight excluding hydrogens is 488 g/mol. The number of amides is 1. The largest absolute Gasteiger partial charge is 0.412 e. The summed E-state index contributed by atoms with van der Waals surface area (Å²) in [6.45, 7) is 7.67. The molecule has 4 rings (SSSR count). The SMILES string of the molecule is CC(C)[C@H](CN1CCC(C2C=CC(Cl)=CC2)CC1)NC(=O)C1C=C(C2=CC=CC(CO)C2)C=CC1.O.O. The fourth-order valence-electron chi connectivity index (χ4n) is 5.68. The van der Waals surface area contributed by atoms with Gasteiger partial charge in [-0.2, -0.15) is 0 Å². The lowest BCUT2D eigenvalue weighted by Gasteiger charge is -2.38. The van der Waals surface area contributed by atoms with Crippen molar-refractivity contribution in [3.05, 3.63) is 70.9 Å². The number of allylic oxidation sites excluding steroid dienone is 10. The number of likely N-dealkylation sites (tertiary alicyclic amines) is 1. The zero-order chi connectivity index (χ0) is 24.8. The average molecular weight is 533 g/mol. The third kappa shape index (κ3) is 8.52. The van der Waals surface area contributed by atoms with E-state index in [1.807, 2.05) is 6.08 Å². The first-order valence-corrected chi connectivity index (χ1v) is 13.7. The highest BCUT2D eigenvalue weighted by Crippen LogP contribution is 2.33. The minimum atomic E-state index is -0.140. The van der Waals surface area contributed by atoms with Crippen LogP contribution in [0.3, 0.4) is 0 Å². The fourth-order valence-corrected chi connectivity index (χ4v) is 5.84. The van der Waals surface area contributed by atoms with Crippen LogP contribution in [0.15, 0.2) is 70.9 Å². The molecule has 3 aliphatic carbocycles. The van der Waals surface area contributed by atoms with E-state index in [2.05, 4.69) is 72.7 Å². The molecule has 4 atom stereocenters. The summed E-state index contributed by atoms with van der Waals surface area (Å²) in [5, 5.41) is 13.8. The molecule has 0 aromatic carbocycles. The summed E-state index contributed by atoms with van der Waals surface area (Å²) in [5.41, 5.74) is 2.32. The van der Waals surface area contributed by atoms with Crippen LogP contribution < -0.4 is 5.32 Å². The lowest BCUT2D eigenvalue weighted by atomic mass is 9.80. The van der Waals surface area contributed by atoms with Crippen molar-refractivity contribution in [3.63, 3.8) is 0 Å². The first-order chi connectivity index (χ1) is 16.9. The number of hydrogen-bond donors (Lipinski definition) is 2. The Morgan fingerprint density at radius 2 is 1.92 bits per heavy atom. The number of rotatable bonds is 8. The highest BCUT2D eigenvalue weighted by Gasteiger charge is 2.29. The van der Waals surface area contributed by atoms with E-state index < -0.39 is 0 Å². The number of carbonyl (C=O) groups excluding carboxylic acids is 1. The molecule has 0 aromatic heterocycles.